The highest BCUT2D eigenvalue weighted by Crippen LogP contribution is 2.34. The summed E-state index contributed by atoms with van der Waals surface area (Å²) >= 11 is 7.17. The predicted molar refractivity (Wildman–Crippen MR) is 163 cm³/mol. The van der Waals surface area contributed by atoms with E-state index < -0.39 is 29.8 Å². The monoisotopic (exact) mass is 630 g/mol. The third kappa shape index (κ3) is 6.38. The van der Waals surface area contributed by atoms with Gasteiger partial charge in [-0.2, -0.15) is 0 Å². The van der Waals surface area contributed by atoms with Gasteiger partial charge in [-0.25, -0.2) is 8.78 Å². The van der Waals surface area contributed by atoms with Gasteiger partial charge in [0.2, 0.25) is 17.7 Å². The average Bonchev–Trinajstić information content (AvgIpc) is 3.58. The molecule has 2 aliphatic rings. The predicted octanol–water partition coefficient (Wildman–Crippen LogP) is 5.43. The van der Waals surface area contributed by atoms with E-state index in [4.69, 9.17) is 11.6 Å². The number of hydrogen-bond donors (Lipinski definition) is 1. The molecule has 0 spiro atoms. The van der Waals surface area contributed by atoms with Gasteiger partial charge < -0.3 is 20.0 Å². The van der Waals surface area contributed by atoms with Crippen molar-refractivity contribution in [3.63, 3.8) is 0 Å². The molecule has 12 heteroatoms. The molecule has 0 saturated carbocycles. The van der Waals surface area contributed by atoms with E-state index in [1.54, 1.807) is 45.0 Å². The lowest BCUT2D eigenvalue weighted by molar-refractivity contribution is -0.144. The lowest BCUT2D eigenvalue weighted by Crippen LogP contribution is -2.61. The number of hydrogen-bond acceptors (Lipinski definition) is 5. The Bertz CT molecular complexity index is 1560. The number of nitrogens with one attached hydrogen (secondary N) is 1. The van der Waals surface area contributed by atoms with E-state index in [2.05, 4.69) is 5.32 Å². The van der Waals surface area contributed by atoms with Crippen molar-refractivity contribution in [3.05, 3.63) is 64.0 Å². The Balaban J connectivity index is 1.42. The molecule has 8 nitrogen and oxygen atoms in total. The van der Waals surface area contributed by atoms with Gasteiger partial charge in [0, 0.05) is 60.5 Å². The topological polar surface area (TPSA) is 90.0 Å². The molecule has 0 radical (unpaired) electrons. The van der Waals surface area contributed by atoms with Crippen molar-refractivity contribution in [2.45, 2.75) is 64.1 Å². The average molecular weight is 631 g/mol. The van der Waals surface area contributed by atoms with Crippen LogP contribution in [0.4, 0.5) is 14.5 Å². The summed E-state index contributed by atoms with van der Waals surface area (Å²) in [5.74, 6) is -4.45. The van der Waals surface area contributed by atoms with Crippen LogP contribution in [-0.4, -0.2) is 71.2 Å². The highest BCUT2D eigenvalue weighted by atomic mass is 35.5. The van der Waals surface area contributed by atoms with Crippen LogP contribution >= 0.6 is 22.9 Å². The maximum Gasteiger partial charge on any atom is 0.270 e. The van der Waals surface area contributed by atoms with Crippen LogP contribution in [0.2, 0.25) is 5.02 Å². The molecule has 0 bridgehead atoms. The van der Waals surface area contributed by atoms with Gasteiger partial charge >= 0.3 is 0 Å². The Morgan fingerprint density at radius 3 is 2.47 bits per heavy atom. The number of benzene rings is 2. The van der Waals surface area contributed by atoms with E-state index in [0.29, 0.717) is 53.1 Å². The van der Waals surface area contributed by atoms with Gasteiger partial charge in [-0.05, 0) is 74.0 Å². The Hall–Kier alpha value is -3.57. The first-order chi connectivity index (χ1) is 20.4. The van der Waals surface area contributed by atoms with E-state index in [1.165, 1.54) is 25.1 Å². The van der Waals surface area contributed by atoms with Crippen LogP contribution in [0.3, 0.4) is 0 Å². The van der Waals surface area contributed by atoms with E-state index in [0.717, 1.165) is 18.3 Å². The van der Waals surface area contributed by atoms with Crippen molar-refractivity contribution in [3.8, 4) is 0 Å². The van der Waals surface area contributed by atoms with Gasteiger partial charge in [-0.15, -0.1) is 11.3 Å². The molecule has 3 heterocycles. The molecule has 3 aromatic rings. The van der Waals surface area contributed by atoms with Gasteiger partial charge in [0.15, 0.2) is 0 Å². The highest BCUT2D eigenvalue weighted by molar-refractivity contribution is 7.20. The number of anilines is 1. The van der Waals surface area contributed by atoms with Gasteiger partial charge in [-0.1, -0.05) is 17.7 Å². The number of fused-ring (bicyclic) bond motifs is 2. The largest absolute Gasteiger partial charge is 0.340 e. The third-order valence-electron chi connectivity index (χ3n) is 8.19. The molecule has 0 unspecified atom stereocenters. The molecule has 1 N–H and O–H groups in total. The number of nitrogens with zero attached hydrogens (tertiary/aromatic N) is 3. The van der Waals surface area contributed by atoms with Crippen LogP contribution in [0.25, 0.3) is 10.1 Å². The van der Waals surface area contributed by atoms with E-state index in [1.807, 2.05) is 6.92 Å². The van der Waals surface area contributed by atoms with E-state index in [9.17, 15) is 28.0 Å². The molecule has 2 fully saturated rings. The minimum atomic E-state index is -3.03. The first-order valence-electron chi connectivity index (χ1n) is 14.2. The molecule has 4 amide bonds. The van der Waals surface area contributed by atoms with Crippen molar-refractivity contribution in [2.24, 2.45) is 0 Å². The van der Waals surface area contributed by atoms with Crippen LogP contribution in [0, 0.1) is 0 Å². The molecule has 43 heavy (non-hydrogen) atoms. The third-order valence-corrected chi connectivity index (χ3v) is 9.56. The van der Waals surface area contributed by atoms with Crippen LogP contribution in [0.5, 0.6) is 0 Å². The number of carbonyl (C=O) groups is 4. The summed E-state index contributed by atoms with van der Waals surface area (Å²) in [7, 11) is 0. The minimum absolute atomic E-state index is 0.0458. The molecule has 2 saturated heterocycles. The van der Waals surface area contributed by atoms with E-state index in [-0.39, 0.29) is 34.8 Å². The van der Waals surface area contributed by atoms with Crippen LogP contribution in [-0.2, 0) is 20.3 Å². The zero-order valence-corrected chi connectivity index (χ0v) is 25.7. The van der Waals surface area contributed by atoms with Gasteiger partial charge in [0.1, 0.15) is 12.1 Å². The fourth-order valence-electron chi connectivity index (χ4n) is 5.93. The van der Waals surface area contributed by atoms with Gasteiger partial charge in [0.25, 0.3) is 11.8 Å². The summed E-state index contributed by atoms with van der Waals surface area (Å²) in [6.07, 6.45) is 1.57. The lowest BCUT2D eigenvalue weighted by atomic mass is 10.1. The molecule has 2 aliphatic heterocycles. The summed E-state index contributed by atoms with van der Waals surface area (Å²) in [6, 6.07) is 10.6. The number of amides is 4. The normalized spacial score (nSPS) is 20.9. The second-order valence-corrected chi connectivity index (χ2v) is 12.6. The summed E-state index contributed by atoms with van der Waals surface area (Å²) in [5.41, 5.74) is 0.508. The fraction of sp³-hybridized carbons (Fsp3) is 0.419. The maximum atomic E-state index is 14.2. The minimum Gasteiger partial charge on any atom is -0.340 e. The Labute approximate surface area is 257 Å². The van der Waals surface area contributed by atoms with Crippen molar-refractivity contribution >= 4 is 62.3 Å². The second kappa shape index (κ2) is 12.2. The fourth-order valence-corrected chi connectivity index (χ4v) is 7.01. The molecule has 3 atom stereocenters. The first-order valence-corrected chi connectivity index (χ1v) is 15.4. The smallest absolute Gasteiger partial charge is 0.270 e. The number of thiophene rings is 1. The van der Waals surface area contributed by atoms with Gasteiger partial charge in [-0.3, -0.25) is 19.2 Å². The lowest BCUT2D eigenvalue weighted by Gasteiger charge is -2.39. The molecular weight excluding hydrogens is 598 g/mol. The van der Waals surface area contributed by atoms with Crippen LogP contribution in [0.1, 0.15) is 55.3 Å². The zero-order valence-electron chi connectivity index (χ0n) is 24.1. The van der Waals surface area contributed by atoms with E-state index >= 15 is 0 Å². The molecule has 228 valence electrons. The molecule has 0 aliphatic carbocycles. The first kappa shape index (κ1) is 30.9. The van der Waals surface area contributed by atoms with Crippen LogP contribution < -0.4 is 10.2 Å². The van der Waals surface area contributed by atoms with Crippen molar-refractivity contribution < 1.29 is 28.0 Å². The number of carbonyl (C=O) groups excluding carboxylic acids is 4. The molecular formula is C31H33ClF2N4O4S. The number of rotatable bonds is 6. The van der Waals surface area contributed by atoms with Crippen molar-refractivity contribution in [1.82, 2.24) is 15.1 Å². The second-order valence-electron chi connectivity index (χ2n) is 11.1. The summed E-state index contributed by atoms with van der Waals surface area (Å²) < 4.78 is 28.4. The molecule has 2 aromatic carbocycles. The Kier molecular flexibility index (Phi) is 8.76. The zero-order chi connectivity index (χ0) is 31.1. The SMILES string of the molecule is CCN(C(=O)[C@@H]1CC[C@@H]2CCN(C(C)=O)C[C@H](NC(=O)c3cc4cc(C(C)(F)F)ccc4s3)C(=O)N21)c1ccc(Cl)cc1. The highest BCUT2D eigenvalue weighted by Gasteiger charge is 2.46. The summed E-state index contributed by atoms with van der Waals surface area (Å²) in [4.78, 5) is 58.9. The van der Waals surface area contributed by atoms with Crippen LogP contribution in [0.15, 0.2) is 48.5 Å². The Morgan fingerprint density at radius 1 is 1.09 bits per heavy atom. The standard InChI is InChI=1S/C31H33ClF2N4O4S/c1-4-37(22-8-6-21(32)7-9-22)30(42)25-11-10-23-13-14-36(18(2)39)17-24(29(41)38(23)25)35-28(40)27-16-19-15-20(31(3,33)34)5-12-26(19)43-27/h5-9,12,15-16,23-25H,4,10-11,13-14,17H2,1-3H3,(H,35,40)/t23-,24+,25+/m1/s1. The quantitative estimate of drug-likeness (QED) is 0.393. The number of alkyl halides is 2. The summed E-state index contributed by atoms with van der Waals surface area (Å²) in [6.45, 7) is 4.81. The van der Waals surface area contributed by atoms with Gasteiger partial charge in [0.05, 0.1) is 4.88 Å². The van der Waals surface area contributed by atoms with Crippen molar-refractivity contribution in [1.29, 1.82) is 0 Å². The summed E-state index contributed by atoms with van der Waals surface area (Å²) in [5, 5.41) is 3.84. The van der Waals surface area contributed by atoms with Crippen molar-refractivity contribution in [2.75, 3.05) is 24.5 Å². The Morgan fingerprint density at radius 2 is 1.81 bits per heavy atom. The number of halogens is 3. The molecule has 5 rings (SSSR count). The molecule has 1 aromatic heterocycles. The maximum absolute atomic E-state index is 14.2. The number of likely N-dealkylation sites (N-methyl/N-ethyl adjacent to an activating group) is 1.